The molecule has 0 aliphatic carbocycles. The van der Waals surface area contributed by atoms with Crippen LogP contribution in [-0.4, -0.2) is 55.0 Å². The Morgan fingerprint density at radius 2 is 1.85 bits per heavy atom. The lowest BCUT2D eigenvalue weighted by molar-refractivity contribution is 0.184. The lowest BCUT2D eigenvalue weighted by atomic mass is 10.2. The zero-order chi connectivity index (χ0) is 19.8. The van der Waals surface area contributed by atoms with Crippen molar-refractivity contribution < 1.29 is 22.1 Å². The molecule has 2 aromatic rings. The van der Waals surface area contributed by atoms with Gasteiger partial charge in [-0.1, -0.05) is 5.16 Å². The van der Waals surface area contributed by atoms with Crippen molar-refractivity contribution in [3.8, 4) is 0 Å². The van der Waals surface area contributed by atoms with Crippen molar-refractivity contribution in [1.29, 1.82) is 0 Å². The van der Waals surface area contributed by atoms with Crippen molar-refractivity contribution in [2.45, 2.75) is 25.7 Å². The number of halogens is 1. The number of amides is 2. The fourth-order valence-electron chi connectivity index (χ4n) is 3.07. The molecule has 1 aromatic carbocycles. The molecule has 8 nitrogen and oxygen atoms in total. The maximum absolute atomic E-state index is 13.2. The van der Waals surface area contributed by atoms with E-state index in [-0.39, 0.29) is 48.7 Å². The molecule has 0 atom stereocenters. The van der Waals surface area contributed by atoms with Gasteiger partial charge >= 0.3 is 6.03 Å². The summed E-state index contributed by atoms with van der Waals surface area (Å²) in [5.41, 5.74) is 1.45. The number of aromatic nitrogens is 1. The van der Waals surface area contributed by atoms with Crippen LogP contribution in [0.4, 0.5) is 14.9 Å². The van der Waals surface area contributed by atoms with Crippen LogP contribution < -0.4 is 5.32 Å². The number of sulfonamides is 1. The van der Waals surface area contributed by atoms with E-state index in [1.807, 2.05) is 0 Å². The van der Waals surface area contributed by atoms with Gasteiger partial charge in [0.2, 0.25) is 10.0 Å². The molecule has 1 fully saturated rings. The Morgan fingerprint density at radius 1 is 1.19 bits per heavy atom. The second-order valence-corrected chi connectivity index (χ2v) is 8.31. The van der Waals surface area contributed by atoms with Crippen molar-refractivity contribution in [3.05, 3.63) is 41.0 Å². The van der Waals surface area contributed by atoms with Crippen molar-refractivity contribution in [1.82, 2.24) is 14.4 Å². The Morgan fingerprint density at radius 3 is 2.41 bits per heavy atom. The smallest absolute Gasteiger partial charge is 0.321 e. The van der Waals surface area contributed by atoms with E-state index >= 15 is 0 Å². The number of rotatable bonds is 3. The zero-order valence-corrected chi connectivity index (χ0v) is 16.1. The van der Waals surface area contributed by atoms with Gasteiger partial charge in [-0.2, -0.15) is 4.31 Å². The normalized spacial score (nSPS) is 15.8. The topological polar surface area (TPSA) is 95.8 Å². The Balaban J connectivity index is 1.65. The average molecular weight is 396 g/mol. The van der Waals surface area contributed by atoms with Gasteiger partial charge in [0, 0.05) is 31.9 Å². The van der Waals surface area contributed by atoms with E-state index < -0.39 is 10.0 Å². The summed E-state index contributed by atoms with van der Waals surface area (Å²) in [6, 6.07) is 3.76. The minimum atomic E-state index is -3.72. The molecule has 0 unspecified atom stereocenters. The van der Waals surface area contributed by atoms with Gasteiger partial charge in [0.1, 0.15) is 16.4 Å². The largest absolute Gasteiger partial charge is 0.360 e. The summed E-state index contributed by atoms with van der Waals surface area (Å²) < 4.78 is 45.1. The van der Waals surface area contributed by atoms with Crippen LogP contribution in [0.5, 0.6) is 0 Å². The van der Waals surface area contributed by atoms with E-state index in [9.17, 15) is 17.6 Å². The molecule has 0 radical (unpaired) electrons. The van der Waals surface area contributed by atoms with Crippen LogP contribution in [0.1, 0.15) is 17.0 Å². The van der Waals surface area contributed by atoms with Crippen LogP contribution in [0, 0.1) is 26.6 Å². The maximum Gasteiger partial charge on any atom is 0.321 e. The second kappa shape index (κ2) is 7.28. The monoisotopic (exact) mass is 396 g/mol. The number of nitrogens with one attached hydrogen (secondary N) is 1. The average Bonchev–Trinajstić information content (AvgIpc) is 2.96. The molecule has 146 valence electrons. The summed E-state index contributed by atoms with van der Waals surface area (Å²) in [4.78, 5) is 14.0. The predicted octanol–water partition coefficient (Wildman–Crippen LogP) is 2.28. The van der Waals surface area contributed by atoms with Crippen molar-refractivity contribution >= 4 is 21.7 Å². The highest BCUT2D eigenvalue weighted by Crippen LogP contribution is 2.24. The van der Waals surface area contributed by atoms with Crippen molar-refractivity contribution in [3.63, 3.8) is 0 Å². The van der Waals surface area contributed by atoms with Crippen molar-refractivity contribution in [2.24, 2.45) is 0 Å². The van der Waals surface area contributed by atoms with E-state index in [1.165, 1.54) is 27.4 Å². The fraction of sp³-hybridized carbons (Fsp3) is 0.412. The number of hydrogen-bond acceptors (Lipinski definition) is 5. The molecule has 1 aliphatic heterocycles. The second-order valence-electron chi connectivity index (χ2n) is 6.43. The highest BCUT2D eigenvalue weighted by atomic mass is 32.2. The van der Waals surface area contributed by atoms with Crippen LogP contribution >= 0.6 is 0 Å². The number of carbonyl (C=O) groups excluding carboxylic acids is 1. The van der Waals surface area contributed by atoms with Crippen LogP contribution in [0.25, 0.3) is 0 Å². The number of hydrogen-bond donors (Lipinski definition) is 1. The molecule has 1 aromatic heterocycles. The predicted molar refractivity (Wildman–Crippen MR) is 96.5 cm³/mol. The molecule has 1 saturated heterocycles. The van der Waals surface area contributed by atoms with Crippen LogP contribution in [0.2, 0.25) is 0 Å². The molecule has 0 bridgehead atoms. The fourth-order valence-corrected chi connectivity index (χ4v) is 4.78. The van der Waals surface area contributed by atoms with E-state index in [0.29, 0.717) is 16.9 Å². The molecule has 2 heterocycles. The van der Waals surface area contributed by atoms with Crippen LogP contribution in [0.3, 0.4) is 0 Å². The third kappa shape index (κ3) is 3.81. The number of nitrogens with zero attached hydrogens (tertiary/aromatic N) is 3. The molecular weight excluding hydrogens is 375 g/mol. The Kier molecular flexibility index (Phi) is 5.20. The first-order valence-electron chi connectivity index (χ1n) is 8.45. The molecule has 1 N–H and O–H groups in total. The summed E-state index contributed by atoms with van der Waals surface area (Å²) in [7, 11) is -3.72. The standard InChI is InChI=1S/C17H21FN4O4S/c1-11-10-14(18)4-5-15(11)19-17(23)21-6-8-22(9-7-21)27(24,25)16-12(2)20-26-13(16)3/h4-5,10H,6-9H2,1-3H3,(H,19,23). The lowest BCUT2D eigenvalue weighted by Gasteiger charge is -2.34. The summed E-state index contributed by atoms with van der Waals surface area (Å²) in [5.74, 6) is -0.122. The van der Waals surface area contributed by atoms with E-state index in [4.69, 9.17) is 4.52 Å². The molecule has 27 heavy (non-hydrogen) atoms. The Labute approximate surface area is 157 Å². The maximum atomic E-state index is 13.2. The summed E-state index contributed by atoms with van der Waals surface area (Å²) in [6.45, 7) is 5.67. The third-order valence-corrected chi connectivity index (χ3v) is 6.67. The van der Waals surface area contributed by atoms with E-state index in [1.54, 1.807) is 20.8 Å². The Bertz CT molecular complexity index is 946. The lowest BCUT2D eigenvalue weighted by Crippen LogP contribution is -2.51. The van der Waals surface area contributed by atoms with E-state index in [2.05, 4.69) is 10.5 Å². The summed E-state index contributed by atoms with van der Waals surface area (Å²) in [5, 5.41) is 6.43. The first kappa shape index (κ1) is 19.3. The highest BCUT2D eigenvalue weighted by Gasteiger charge is 2.34. The van der Waals surface area contributed by atoms with Gasteiger partial charge in [-0.15, -0.1) is 0 Å². The molecule has 2 amide bonds. The molecule has 0 spiro atoms. The van der Waals surface area contributed by atoms with E-state index in [0.717, 1.165) is 0 Å². The SMILES string of the molecule is Cc1cc(F)ccc1NC(=O)N1CCN(S(=O)(=O)c2c(C)noc2C)CC1. The third-order valence-electron chi connectivity index (χ3n) is 4.52. The molecule has 10 heteroatoms. The van der Waals surface area contributed by atoms with Gasteiger partial charge in [-0.05, 0) is 44.5 Å². The minimum Gasteiger partial charge on any atom is -0.360 e. The number of aryl methyl sites for hydroxylation is 3. The molecular formula is C17H21FN4O4S. The Hall–Kier alpha value is -2.46. The van der Waals surface area contributed by atoms with Gasteiger partial charge in [0.05, 0.1) is 0 Å². The first-order valence-corrected chi connectivity index (χ1v) is 9.89. The van der Waals surface area contributed by atoms with Gasteiger partial charge in [0.15, 0.2) is 5.76 Å². The number of anilines is 1. The highest BCUT2D eigenvalue weighted by molar-refractivity contribution is 7.89. The summed E-state index contributed by atoms with van der Waals surface area (Å²) >= 11 is 0. The number of carbonyl (C=O) groups is 1. The minimum absolute atomic E-state index is 0.0855. The summed E-state index contributed by atoms with van der Waals surface area (Å²) in [6.07, 6.45) is 0. The number of benzene rings is 1. The van der Waals surface area contributed by atoms with Crippen molar-refractivity contribution in [2.75, 3.05) is 31.5 Å². The van der Waals surface area contributed by atoms with Gasteiger partial charge in [-0.3, -0.25) is 0 Å². The van der Waals surface area contributed by atoms with Crippen LogP contribution in [-0.2, 0) is 10.0 Å². The molecule has 0 saturated carbocycles. The molecule has 1 aliphatic rings. The van der Waals surface area contributed by atoms with Gasteiger partial charge in [-0.25, -0.2) is 17.6 Å². The molecule has 3 rings (SSSR count). The quantitative estimate of drug-likeness (QED) is 0.859. The van der Waals surface area contributed by atoms with Gasteiger partial charge in [0.25, 0.3) is 0 Å². The number of urea groups is 1. The van der Waals surface area contributed by atoms with Gasteiger partial charge < -0.3 is 14.7 Å². The zero-order valence-electron chi connectivity index (χ0n) is 15.3. The number of piperazine rings is 1. The first-order chi connectivity index (χ1) is 12.7. The van der Waals surface area contributed by atoms with Crippen LogP contribution in [0.15, 0.2) is 27.6 Å².